The Morgan fingerprint density at radius 3 is 2.57 bits per heavy atom. The van der Waals surface area contributed by atoms with Crippen molar-refractivity contribution >= 4 is 17.7 Å². The molecule has 1 aromatic heterocycles. The number of fused-ring (bicyclic) bond motifs is 1. The van der Waals surface area contributed by atoms with Crippen molar-refractivity contribution in [1.29, 1.82) is 0 Å². The van der Waals surface area contributed by atoms with Crippen molar-refractivity contribution in [3.63, 3.8) is 0 Å². The number of rotatable bonds is 3. The number of hydrogen-bond acceptors (Lipinski definition) is 6. The fourth-order valence-electron chi connectivity index (χ4n) is 2.78. The molecule has 1 aromatic rings. The molecule has 0 bridgehead atoms. The molecule has 2 atom stereocenters. The van der Waals surface area contributed by atoms with Crippen molar-refractivity contribution in [3.8, 4) is 5.75 Å². The molecular weight excluding hydrogens is 403 g/mol. The predicted molar refractivity (Wildman–Crippen MR) is 95.1 cm³/mol. The van der Waals surface area contributed by atoms with E-state index in [0.29, 0.717) is 0 Å². The van der Waals surface area contributed by atoms with Gasteiger partial charge in [0.2, 0.25) is 5.60 Å². The summed E-state index contributed by atoms with van der Waals surface area (Å²) < 4.78 is 50.9. The molecule has 0 saturated carbocycles. The molecule has 1 amide bonds. The van der Waals surface area contributed by atoms with Crippen LogP contribution in [0.25, 0.3) is 0 Å². The Hall–Kier alpha value is -1.78. The minimum atomic E-state index is -5.09. The number of carbonyl (C=O) groups excluding carboxylic acids is 1. The van der Waals surface area contributed by atoms with Crippen molar-refractivity contribution in [2.24, 2.45) is 5.73 Å². The van der Waals surface area contributed by atoms with Crippen LogP contribution in [0.2, 0.25) is 5.15 Å². The molecule has 0 fully saturated rings. The van der Waals surface area contributed by atoms with Gasteiger partial charge in [-0.05, 0) is 33.8 Å². The van der Waals surface area contributed by atoms with E-state index in [0.717, 1.165) is 6.07 Å². The molecule has 0 aromatic carbocycles. The highest BCUT2D eigenvalue weighted by Crippen LogP contribution is 2.45. The number of alkyl halides is 3. The number of alkyl carbamates (subject to hydrolysis) is 1. The molecule has 2 rings (SSSR count). The SMILES string of the molecule is CC(C)(C)OC(=O)NC1(C)CCOc2c1cc(C(O)(CN)C(F)(F)F)nc2Cl. The Bertz CT molecular complexity index is 769. The molecule has 1 aliphatic heterocycles. The molecule has 2 heterocycles. The number of carbonyl (C=O) groups is 1. The van der Waals surface area contributed by atoms with Gasteiger partial charge in [0.15, 0.2) is 10.9 Å². The van der Waals surface area contributed by atoms with Gasteiger partial charge in [-0.25, -0.2) is 9.78 Å². The lowest BCUT2D eigenvalue weighted by Gasteiger charge is -2.38. The maximum absolute atomic E-state index is 13.4. The maximum atomic E-state index is 13.4. The van der Waals surface area contributed by atoms with Crippen LogP contribution in [0.3, 0.4) is 0 Å². The molecule has 0 aliphatic carbocycles. The molecule has 158 valence electrons. The molecule has 0 spiro atoms. The fraction of sp³-hybridized carbons (Fsp3) is 0.647. The van der Waals surface area contributed by atoms with Gasteiger partial charge in [-0.3, -0.25) is 0 Å². The van der Waals surface area contributed by atoms with E-state index in [1.54, 1.807) is 27.7 Å². The minimum absolute atomic E-state index is 0.0248. The van der Waals surface area contributed by atoms with Crippen LogP contribution in [0.1, 0.15) is 45.4 Å². The molecule has 4 N–H and O–H groups in total. The summed E-state index contributed by atoms with van der Waals surface area (Å²) in [5.41, 5.74) is -0.801. The van der Waals surface area contributed by atoms with Crippen molar-refractivity contribution in [3.05, 3.63) is 22.5 Å². The average molecular weight is 426 g/mol. The van der Waals surface area contributed by atoms with Gasteiger partial charge in [0.25, 0.3) is 0 Å². The van der Waals surface area contributed by atoms with Gasteiger partial charge in [-0.1, -0.05) is 11.6 Å². The van der Waals surface area contributed by atoms with Crippen LogP contribution < -0.4 is 15.8 Å². The third kappa shape index (κ3) is 4.28. The lowest BCUT2D eigenvalue weighted by molar-refractivity contribution is -0.263. The number of hydrogen-bond donors (Lipinski definition) is 3. The number of nitrogens with zero attached hydrogens (tertiary/aromatic N) is 1. The first-order valence-corrected chi connectivity index (χ1v) is 8.85. The van der Waals surface area contributed by atoms with Crippen molar-refractivity contribution in [1.82, 2.24) is 10.3 Å². The number of halogens is 4. The van der Waals surface area contributed by atoms with Crippen LogP contribution in [0, 0.1) is 0 Å². The van der Waals surface area contributed by atoms with E-state index in [2.05, 4.69) is 10.3 Å². The second-order valence-electron chi connectivity index (χ2n) is 7.79. The monoisotopic (exact) mass is 425 g/mol. The summed E-state index contributed by atoms with van der Waals surface area (Å²) in [5.74, 6) is 0.0248. The number of ether oxygens (including phenoxy) is 2. The highest BCUT2D eigenvalue weighted by Gasteiger charge is 2.56. The third-order valence-corrected chi connectivity index (χ3v) is 4.60. The third-order valence-electron chi connectivity index (χ3n) is 4.34. The van der Waals surface area contributed by atoms with Crippen LogP contribution in [0.15, 0.2) is 6.07 Å². The Morgan fingerprint density at radius 2 is 2.07 bits per heavy atom. The summed E-state index contributed by atoms with van der Waals surface area (Å²) in [6.07, 6.45) is -5.62. The summed E-state index contributed by atoms with van der Waals surface area (Å²) >= 11 is 6.03. The Kier molecular flexibility index (Phi) is 5.82. The molecular formula is C17H23ClF3N3O4. The lowest BCUT2D eigenvalue weighted by atomic mass is 9.85. The van der Waals surface area contributed by atoms with Crippen LogP contribution in [0.4, 0.5) is 18.0 Å². The number of nitrogens with one attached hydrogen (secondary N) is 1. The van der Waals surface area contributed by atoms with Crippen molar-refractivity contribution in [2.75, 3.05) is 13.2 Å². The van der Waals surface area contributed by atoms with Gasteiger partial charge in [0.1, 0.15) is 5.60 Å². The summed E-state index contributed by atoms with van der Waals surface area (Å²) in [4.78, 5) is 15.9. The zero-order chi connectivity index (χ0) is 21.5. The van der Waals surface area contributed by atoms with Crippen LogP contribution in [-0.2, 0) is 15.9 Å². The number of amides is 1. The number of pyridine rings is 1. The summed E-state index contributed by atoms with van der Waals surface area (Å²) in [6, 6.07) is 0.998. The molecule has 11 heteroatoms. The van der Waals surface area contributed by atoms with Crippen molar-refractivity contribution in [2.45, 2.75) is 57.0 Å². The first-order chi connectivity index (χ1) is 12.6. The predicted octanol–water partition coefficient (Wildman–Crippen LogP) is 2.97. The molecule has 2 unspecified atom stereocenters. The number of aliphatic hydroxyl groups is 1. The van der Waals surface area contributed by atoms with Crippen LogP contribution in [0.5, 0.6) is 5.75 Å². The molecule has 0 radical (unpaired) electrons. The van der Waals surface area contributed by atoms with E-state index >= 15 is 0 Å². The molecule has 1 aliphatic rings. The van der Waals surface area contributed by atoms with Gasteiger partial charge in [-0.15, -0.1) is 0 Å². The van der Waals surface area contributed by atoms with Gasteiger partial charge in [0.05, 0.1) is 17.8 Å². The quantitative estimate of drug-likeness (QED) is 0.643. The highest BCUT2D eigenvalue weighted by molar-refractivity contribution is 6.31. The van der Waals surface area contributed by atoms with E-state index in [4.69, 9.17) is 26.8 Å². The highest BCUT2D eigenvalue weighted by atomic mass is 35.5. The van der Waals surface area contributed by atoms with E-state index in [9.17, 15) is 23.1 Å². The molecule has 7 nitrogen and oxygen atoms in total. The van der Waals surface area contributed by atoms with Crippen LogP contribution >= 0.6 is 11.6 Å². The van der Waals surface area contributed by atoms with Gasteiger partial charge in [-0.2, -0.15) is 13.2 Å². The minimum Gasteiger partial charge on any atom is -0.490 e. The van der Waals surface area contributed by atoms with E-state index < -0.39 is 41.2 Å². The molecule has 28 heavy (non-hydrogen) atoms. The van der Waals surface area contributed by atoms with E-state index in [1.807, 2.05) is 0 Å². The van der Waals surface area contributed by atoms with Crippen LogP contribution in [-0.4, -0.2) is 41.1 Å². The first-order valence-electron chi connectivity index (χ1n) is 8.47. The Balaban J connectivity index is 2.54. The lowest BCUT2D eigenvalue weighted by Crippen LogP contribution is -2.51. The summed E-state index contributed by atoms with van der Waals surface area (Å²) in [6.45, 7) is 5.60. The first kappa shape index (κ1) is 22.5. The zero-order valence-corrected chi connectivity index (χ0v) is 16.7. The zero-order valence-electron chi connectivity index (χ0n) is 15.9. The van der Waals surface area contributed by atoms with E-state index in [1.165, 1.54) is 0 Å². The average Bonchev–Trinajstić information content (AvgIpc) is 2.51. The van der Waals surface area contributed by atoms with Gasteiger partial charge in [0, 0.05) is 18.5 Å². The topological polar surface area (TPSA) is 107 Å². The Labute approximate surface area is 165 Å². The second-order valence-corrected chi connectivity index (χ2v) is 8.15. The fourth-order valence-corrected chi connectivity index (χ4v) is 3.02. The molecule has 0 saturated heterocycles. The summed E-state index contributed by atoms with van der Waals surface area (Å²) in [5, 5.41) is 12.4. The number of nitrogens with two attached hydrogens (primary N) is 1. The second kappa shape index (κ2) is 7.23. The Morgan fingerprint density at radius 1 is 1.46 bits per heavy atom. The van der Waals surface area contributed by atoms with Gasteiger partial charge >= 0.3 is 12.3 Å². The summed E-state index contributed by atoms with van der Waals surface area (Å²) in [7, 11) is 0. The van der Waals surface area contributed by atoms with Crippen molar-refractivity contribution < 1.29 is 32.5 Å². The smallest absolute Gasteiger partial charge is 0.424 e. The largest absolute Gasteiger partial charge is 0.490 e. The number of aromatic nitrogens is 1. The standard InChI is InChI=1S/C17H23ClF3N3O4/c1-14(2,3)28-13(25)24-15(4)5-6-27-11-9(15)7-10(23-12(11)18)16(26,8-22)17(19,20)21/h7,26H,5-6,8,22H2,1-4H3,(H,24,25). The van der Waals surface area contributed by atoms with E-state index in [-0.39, 0.29) is 29.5 Å². The normalized spacial score (nSPS) is 21.9. The van der Waals surface area contributed by atoms with Gasteiger partial charge < -0.3 is 25.6 Å². The maximum Gasteiger partial charge on any atom is 0.424 e.